The number of hydrogen-bond acceptors (Lipinski definition) is 6. The summed E-state index contributed by atoms with van der Waals surface area (Å²) < 4.78 is 5.24. The third kappa shape index (κ3) is 2.98. The van der Waals surface area contributed by atoms with Crippen LogP contribution < -0.4 is 14.5 Å². The summed E-state index contributed by atoms with van der Waals surface area (Å²) in [6.07, 6.45) is 0. The first-order valence-corrected chi connectivity index (χ1v) is 11.2. The Labute approximate surface area is 184 Å². The van der Waals surface area contributed by atoms with Crippen molar-refractivity contribution >= 4 is 52.2 Å². The van der Waals surface area contributed by atoms with E-state index in [0.29, 0.717) is 21.5 Å². The van der Waals surface area contributed by atoms with Gasteiger partial charge in [-0.1, -0.05) is 46.8 Å². The third-order valence-corrected chi connectivity index (χ3v) is 8.04. The Morgan fingerprint density at radius 3 is 2.37 bits per heavy atom. The summed E-state index contributed by atoms with van der Waals surface area (Å²) in [6, 6.07) is 14.0. The van der Waals surface area contributed by atoms with E-state index in [2.05, 4.69) is 4.98 Å². The lowest BCUT2D eigenvalue weighted by Gasteiger charge is -2.29. The molecular formula is C21H15ClN2O4S2. The number of nitrogens with one attached hydrogen (secondary N) is 1. The summed E-state index contributed by atoms with van der Waals surface area (Å²) in [5, 5.41) is 0.574. The van der Waals surface area contributed by atoms with Crippen LogP contribution in [0.2, 0.25) is 5.02 Å². The molecule has 2 aliphatic heterocycles. The lowest BCUT2D eigenvalue weighted by Crippen LogP contribution is -2.32. The van der Waals surface area contributed by atoms with Crippen LogP contribution in [0.3, 0.4) is 0 Å². The van der Waals surface area contributed by atoms with Crippen molar-refractivity contribution in [2.24, 2.45) is 5.92 Å². The lowest BCUT2D eigenvalue weighted by molar-refractivity contribution is -0.122. The van der Waals surface area contributed by atoms with E-state index >= 15 is 0 Å². The molecule has 1 aromatic heterocycles. The van der Waals surface area contributed by atoms with Gasteiger partial charge in [-0.05, 0) is 42.0 Å². The number of aromatic nitrogens is 1. The van der Waals surface area contributed by atoms with E-state index in [0.717, 1.165) is 21.8 Å². The van der Waals surface area contributed by atoms with Crippen molar-refractivity contribution in [1.82, 2.24) is 4.98 Å². The van der Waals surface area contributed by atoms with Crippen molar-refractivity contribution in [3.63, 3.8) is 0 Å². The number of nitrogens with zero attached hydrogens (tertiary/aromatic N) is 1. The van der Waals surface area contributed by atoms with Crippen LogP contribution in [0.4, 0.5) is 5.69 Å². The molecule has 0 spiro atoms. The number of benzene rings is 2. The van der Waals surface area contributed by atoms with Gasteiger partial charge < -0.3 is 9.72 Å². The number of halogens is 1. The van der Waals surface area contributed by atoms with Gasteiger partial charge in [0.05, 0.1) is 23.7 Å². The van der Waals surface area contributed by atoms with Crippen LogP contribution in [0.1, 0.15) is 16.4 Å². The lowest BCUT2D eigenvalue weighted by atomic mass is 9.83. The number of aromatic amines is 1. The number of imide groups is 1. The van der Waals surface area contributed by atoms with Crippen LogP contribution in [0.5, 0.6) is 5.75 Å². The first-order chi connectivity index (χ1) is 14.5. The second-order valence-corrected chi connectivity index (χ2v) is 9.61. The summed E-state index contributed by atoms with van der Waals surface area (Å²) >= 11 is 8.32. The molecule has 9 heteroatoms. The van der Waals surface area contributed by atoms with Crippen LogP contribution in [-0.2, 0) is 9.59 Å². The van der Waals surface area contributed by atoms with Crippen LogP contribution >= 0.6 is 34.7 Å². The van der Waals surface area contributed by atoms with E-state index in [1.807, 2.05) is 24.3 Å². The third-order valence-electron chi connectivity index (χ3n) is 5.38. The molecule has 2 aromatic carbocycles. The Morgan fingerprint density at radius 2 is 1.70 bits per heavy atom. The van der Waals surface area contributed by atoms with Crippen molar-refractivity contribution in [3.8, 4) is 5.75 Å². The maximum atomic E-state index is 13.5. The molecule has 1 N–H and O–H groups in total. The Bertz CT molecular complexity index is 1200. The highest BCUT2D eigenvalue weighted by molar-refractivity contribution is 8.00. The second-order valence-electron chi connectivity index (χ2n) is 7.01. The largest absolute Gasteiger partial charge is 0.497 e. The van der Waals surface area contributed by atoms with Crippen molar-refractivity contribution in [2.75, 3.05) is 12.0 Å². The number of hydrogen-bond donors (Lipinski definition) is 1. The predicted octanol–water partition coefficient (Wildman–Crippen LogP) is 3.89. The fraction of sp³-hybridized carbons (Fsp3) is 0.190. The minimum Gasteiger partial charge on any atom is -0.497 e. The molecule has 0 bridgehead atoms. The van der Waals surface area contributed by atoms with Gasteiger partial charge >= 0.3 is 4.87 Å². The van der Waals surface area contributed by atoms with E-state index in [1.54, 1.807) is 31.4 Å². The molecule has 152 valence electrons. The van der Waals surface area contributed by atoms with Gasteiger partial charge in [0.1, 0.15) is 11.0 Å². The smallest absolute Gasteiger partial charge is 0.305 e. The van der Waals surface area contributed by atoms with Gasteiger partial charge in [-0.3, -0.25) is 14.4 Å². The number of carbonyl (C=O) groups is 2. The zero-order valence-corrected chi connectivity index (χ0v) is 18.0. The van der Waals surface area contributed by atoms with Gasteiger partial charge in [0.25, 0.3) is 0 Å². The second kappa shape index (κ2) is 7.30. The molecule has 3 atom stereocenters. The predicted molar refractivity (Wildman–Crippen MR) is 117 cm³/mol. The first-order valence-electron chi connectivity index (χ1n) is 9.15. The number of ether oxygens (including phenoxy) is 1. The fourth-order valence-corrected chi connectivity index (χ4v) is 6.67. The number of carbonyl (C=O) groups excluding carboxylic acids is 2. The van der Waals surface area contributed by atoms with Gasteiger partial charge in [-0.2, -0.15) is 0 Å². The number of amides is 2. The monoisotopic (exact) mass is 458 g/mol. The maximum Gasteiger partial charge on any atom is 0.305 e. The molecular weight excluding hydrogens is 444 g/mol. The number of anilines is 1. The maximum absolute atomic E-state index is 13.5. The number of thioether (sulfide) groups is 1. The molecule has 3 heterocycles. The molecule has 5 rings (SSSR count). The number of H-pyrrole nitrogens is 1. The summed E-state index contributed by atoms with van der Waals surface area (Å²) in [7, 11) is 1.58. The van der Waals surface area contributed by atoms with E-state index in [-0.39, 0.29) is 16.7 Å². The summed E-state index contributed by atoms with van der Waals surface area (Å²) in [4.78, 5) is 43.5. The Morgan fingerprint density at radius 1 is 1.00 bits per heavy atom. The van der Waals surface area contributed by atoms with E-state index in [4.69, 9.17) is 16.3 Å². The van der Waals surface area contributed by atoms with Gasteiger partial charge in [0.15, 0.2) is 0 Å². The molecule has 1 fully saturated rings. The minimum absolute atomic E-state index is 0.194. The van der Waals surface area contributed by atoms with Gasteiger partial charge in [-0.25, -0.2) is 4.90 Å². The quantitative estimate of drug-likeness (QED) is 0.602. The number of methoxy groups -OCH3 is 1. The molecule has 0 aliphatic carbocycles. The van der Waals surface area contributed by atoms with E-state index in [1.165, 1.54) is 16.7 Å². The van der Waals surface area contributed by atoms with E-state index in [9.17, 15) is 14.4 Å². The highest BCUT2D eigenvalue weighted by Gasteiger charge is 2.56. The molecule has 30 heavy (non-hydrogen) atoms. The zero-order chi connectivity index (χ0) is 21.0. The van der Waals surface area contributed by atoms with Gasteiger partial charge in [0.2, 0.25) is 11.8 Å². The van der Waals surface area contributed by atoms with Gasteiger partial charge in [0, 0.05) is 15.8 Å². The fourth-order valence-electron chi connectivity index (χ4n) is 4.03. The van der Waals surface area contributed by atoms with Crippen molar-refractivity contribution in [1.29, 1.82) is 0 Å². The zero-order valence-electron chi connectivity index (χ0n) is 15.6. The van der Waals surface area contributed by atoms with Crippen LogP contribution in [0.15, 0.2) is 58.4 Å². The molecule has 1 saturated heterocycles. The number of fused-ring (bicyclic) bond motifs is 2. The molecule has 3 aromatic rings. The summed E-state index contributed by atoms with van der Waals surface area (Å²) in [5.74, 6) is -0.861. The molecule has 0 unspecified atom stereocenters. The molecule has 6 nitrogen and oxygen atoms in total. The molecule has 0 saturated carbocycles. The van der Waals surface area contributed by atoms with Crippen LogP contribution in [-0.4, -0.2) is 29.2 Å². The Kier molecular flexibility index (Phi) is 4.72. The molecule has 2 aliphatic rings. The topological polar surface area (TPSA) is 79.5 Å². The van der Waals surface area contributed by atoms with Crippen LogP contribution in [0.25, 0.3) is 0 Å². The summed E-state index contributed by atoms with van der Waals surface area (Å²) in [6.45, 7) is 0. The average Bonchev–Trinajstić information content (AvgIpc) is 3.24. The molecule has 2 amide bonds. The Balaban J connectivity index is 1.63. The van der Waals surface area contributed by atoms with Crippen molar-refractivity contribution in [3.05, 3.63) is 73.7 Å². The van der Waals surface area contributed by atoms with Crippen molar-refractivity contribution in [2.45, 2.75) is 16.2 Å². The molecule has 0 radical (unpaired) electrons. The SMILES string of the molecule is COc1ccc([C@@H]2c3sc(=O)[nH]c3S[C@H]3C(=O)N(c4ccc(Cl)cc4)C(=O)[C@@H]23)cc1. The van der Waals surface area contributed by atoms with E-state index < -0.39 is 17.1 Å². The first kappa shape index (κ1) is 19.4. The van der Waals surface area contributed by atoms with Crippen LogP contribution in [0, 0.1) is 5.92 Å². The Hall–Kier alpha value is -2.55. The normalized spacial score (nSPS) is 22.7. The minimum atomic E-state index is -0.613. The highest BCUT2D eigenvalue weighted by Crippen LogP contribution is 2.53. The van der Waals surface area contributed by atoms with Gasteiger partial charge in [-0.15, -0.1) is 0 Å². The average molecular weight is 459 g/mol. The standard InChI is InChI=1S/C21H15ClN2O4S2/c1-28-13-8-2-10(3-9-13)14-15-17(29-18-16(14)30-21(27)23-18)20(26)24(19(15)25)12-6-4-11(22)5-7-12/h2-9,14-15,17H,1H3,(H,23,27)/t14-,15-,17+/m0/s1. The number of rotatable bonds is 3. The van der Waals surface area contributed by atoms with Crippen molar-refractivity contribution < 1.29 is 14.3 Å². The summed E-state index contributed by atoms with van der Waals surface area (Å²) in [5.41, 5.74) is 1.36. The highest BCUT2D eigenvalue weighted by atomic mass is 35.5. The number of thiazole rings is 1.